The predicted molar refractivity (Wildman–Crippen MR) is 108 cm³/mol. The van der Waals surface area contributed by atoms with Crippen molar-refractivity contribution >= 4 is 7.82 Å². The summed E-state index contributed by atoms with van der Waals surface area (Å²) < 4.78 is 21.4. The molecule has 6 nitrogen and oxygen atoms in total. The Morgan fingerprint density at radius 1 is 1.11 bits per heavy atom. The molecular formula is C21H28NO5P. The fraction of sp³-hybridized carbons (Fsp3) is 0.429. The molecule has 1 fully saturated rings. The fourth-order valence-corrected chi connectivity index (χ4v) is 4.16. The van der Waals surface area contributed by atoms with Gasteiger partial charge in [0.25, 0.3) is 0 Å². The third-order valence-corrected chi connectivity index (χ3v) is 5.70. The molecule has 4 N–H and O–H groups in total. The van der Waals surface area contributed by atoms with Crippen LogP contribution in [-0.4, -0.2) is 28.5 Å². The van der Waals surface area contributed by atoms with Crippen LogP contribution in [0.1, 0.15) is 42.7 Å². The van der Waals surface area contributed by atoms with E-state index in [9.17, 15) is 4.57 Å². The van der Waals surface area contributed by atoms with E-state index in [0.717, 1.165) is 25.0 Å². The highest BCUT2D eigenvalue weighted by atomic mass is 31.2. The highest BCUT2D eigenvalue weighted by Gasteiger charge is 2.38. The zero-order valence-corrected chi connectivity index (χ0v) is 16.8. The van der Waals surface area contributed by atoms with Crippen molar-refractivity contribution in [1.29, 1.82) is 0 Å². The molecule has 0 bridgehead atoms. The van der Waals surface area contributed by atoms with Gasteiger partial charge in [0.2, 0.25) is 0 Å². The number of aryl methyl sites for hydroxylation is 1. The second-order valence-electron chi connectivity index (χ2n) is 7.57. The van der Waals surface area contributed by atoms with Gasteiger partial charge in [-0.2, -0.15) is 0 Å². The van der Waals surface area contributed by atoms with Crippen molar-refractivity contribution in [1.82, 2.24) is 0 Å². The fourth-order valence-electron chi connectivity index (χ4n) is 3.73. The average molecular weight is 405 g/mol. The van der Waals surface area contributed by atoms with E-state index < -0.39 is 13.4 Å². The molecule has 0 unspecified atom stereocenters. The first-order valence-corrected chi connectivity index (χ1v) is 11.1. The van der Waals surface area contributed by atoms with Crippen molar-refractivity contribution in [3.05, 3.63) is 65.7 Å². The number of hydrogen-bond acceptors (Lipinski definition) is 4. The maximum absolute atomic E-state index is 10.9. The summed E-state index contributed by atoms with van der Waals surface area (Å²) in [6.45, 7) is 0.541. The second kappa shape index (κ2) is 9.21. The minimum atomic E-state index is -4.49. The highest BCUT2D eigenvalue weighted by Crippen LogP contribution is 2.43. The molecular weight excluding hydrogens is 377 g/mol. The van der Waals surface area contributed by atoms with Crippen LogP contribution < -0.4 is 10.5 Å². The average Bonchev–Trinajstić information content (AvgIpc) is 3.07. The van der Waals surface area contributed by atoms with Crippen molar-refractivity contribution in [3.8, 4) is 5.75 Å². The number of benzene rings is 2. The van der Waals surface area contributed by atoms with Crippen LogP contribution in [0.2, 0.25) is 0 Å². The summed E-state index contributed by atoms with van der Waals surface area (Å²) >= 11 is 0. The van der Waals surface area contributed by atoms with Crippen LogP contribution in [0, 0.1) is 0 Å². The molecule has 1 saturated carbocycles. The van der Waals surface area contributed by atoms with E-state index in [-0.39, 0.29) is 12.5 Å². The van der Waals surface area contributed by atoms with E-state index in [4.69, 9.17) is 20.3 Å². The molecule has 1 aliphatic rings. The predicted octanol–water partition coefficient (Wildman–Crippen LogP) is 3.77. The molecule has 1 aliphatic carbocycles. The van der Waals surface area contributed by atoms with Crippen LogP contribution in [0.3, 0.4) is 0 Å². The molecule has 3 rings (SSSR count). The summed E-state index contributed by atoms with van der Waals surface area (Å²) in [6, 6.07) is 18.4. The third-order valence-electron chi connectivity index (χ3n) is 5.24. The van der Waals surface area contributed by atoms with E-state index in [1.807, 2.05) is 42.5 Å². The lowest BCUT2D eigenvalue weighted by Gasteiger charge is -2.24. The molecule has 2 aromatic carbocycles. The van der Waals surface area contributed by atoms with Gasteiger partial charge in [0, 0.05) is 5.54 Å². The number of ether oxygens (including phenoxy) is 1. The second-order valence-corrected chi connectivity index (χ2v) is 8.81. The monoisotopic (exact) mass is 405 g/mol. The quantitative estimate of drug-likeness (QED) is 0.434. The van der Waals surface area contributed by atoms with E-state index in [2.05, 4.69) is 16.7 Å². The molecule has 0 saturated heterocycles. The molecule has 0 heterocycles. The summed E-state index contributed by atoms with van der Waals surface area (Å²) in [4.78, 5) is 17.8. The van der Waals surface area contributed by atoms with Gasteiger partial charge in [0.15, 0.2) is 0 Å². The Morgan fingerprint density at radius 3 is 2.50 bits per heavy atom. The van der Waals surface area contributed by atoms with Crippen molar-refractivity contribution in [3.63, 3.8) is 0 Å². The number of phosphoric ester groups is 1. The van der Waals surface area contributed by atoms with Crippen molar-refractivity contribution in [2.75, 3.05) is 13.2 Å². The van der Waals surface area contributed by atoms with Gasteiger partial charge in [-0.05, 0) is 61.3 Å². The molecule has 7 heteroatoms. The third kappa shape index (κ3) is 6.43. The largest absolute Gasteiger partial charge is 0.494 e. The Kier molecular flexibility index (Phi) is 6.91. The Labute approximate surface area is 165 Å². The lowest BCUT2D eigenvalue weighted by atomic mass is 9.94. The van der Waals surface area contributed by atoms with Crippen LogP contribution in [-0.2, 0) is 15.5 Å². The Balaban J connectivity index is 1.44. The number of hydrogen-bond donors (Lipinski definition) is 3. The number of nitrogens with two attached hydrogens (primary N) is 1. The molecule has 2 aromatic rings. The van der Waals surface area contributed by atoms with Gasteiger partial charge in [-0.25, -0.2) is 4.57 Å². The van der Waals surface area contributed by atoms with Crippen molar-refractivity contribution in [2.24, 2.45) is 5.73 Å². The number of rotatable bonds is 9. The minimum absolute atomic E-state index is 0.129. The molecule has 0 amide bonds. The van der Waals surface area contributed by atoms with Gasteiger partial charge in [0.05, 0.1) is 13.2 Å². The SMILES string of the molecule is N[C@@]1(COP(=O)(O)O)CC[C@@H](c2ccc(OCCCc3ccccc3)cc2)C1. The van der Waals surface area contributed by atoms with Crippen LogP contribution in [0.4, 0.5) is 0 Å². The maximum atomic E-state index is 10.9. The smallest absolute Gasteiger partial charge is 0.469 e. The maximum Gasteiger partial charge on any atom is 0.469 e. The van der Waals surface area contributed by atoms with Gasteiger partial charge in [0.1, 0.15) is 5.75 Å². The zero-order chi connectivity index (χ0) is 20.0. The van der Waals surface area contributed by atoms with Gasteiger partial charge < -0.3 is 20.3 Å². The molecule has 28 heavy (non-hydrogen) atoms. The summed E-state index contributed by atoms with van der Waals surface area (Å²) in [7, 11) is -4.49. The molecule has 0 spiro atoms. The topological polar surface area (TPSA) is 102 Å². The Hall–Kier alpha value is -1.69. The van der Waals surface area contributed by atoms with Crippen LogP contribution in [0.25, 0.3) is 0 Å². The molecule has 0 aromatic heterocycles. The summed E-state index contributed by atoms with van der Waals surface area (Å²) in [5.74, 6) is 1.11. The van der Waals surface area contributed by atoms with Crippen LogP contribution in [0.15, 0.2) is 54.6 Å². The lowest BCUT2D eigenvalue weighted by Crippen LogP contribution is -2.41. The summed E-state index contributed by atoms with van der Waals surface area (Å²) in [6.07, 6.45) is 4.15. The van der Waals surface area contributed by atoms with Gasteiger partial charge in [-0.1, -0.05) is 42.5 Å². The Bertz CT molecular complexity index is 792. The van der Waals surface area contributed by atoms with Crippen LogP contribution >= 0.6 is 7.82 Å². The van der Waals surface area contributed by atoms with E-state index in [1.54, 1.807) is 0 Å². The van der Waals surface area contributed by atoms with Gasteiger partial charge in [-0.3, -0.25) is 4.52 Å². The molecule has 2 atom stereocenters. The lowest BCUT2D eigenvalue weighted by molar-refractivity contribution is 0.153. The first kappa shape index (κ1) is 21.0. The van der Waals surface area contributed by atoms with E-state index in [1.165, 1.54) is 11.1 Å². The first-order valence-electron chi connectivity index (χ1n) is 9.59. The zero-order valence-electron chi connectivity index (χ0n) is 15.9. The van der Waals surface area contributed by atoms with E-state index in [0.29, 0.717) is 19.4 Å². The summed E-state index contributed by atoms with van der Waals surface area (Å²) in [5.41, 5.74) is 8.05. The first-order chi connectivity index (χ1) is 13.3. The van der Waals surface area contributed by atoms with Crippen molar-refractivity contribution < 1.29 is 23.6 Å². The van der Waals surface area contributed by atoms with Gasteiger partial charge in [-0.15, -0.1) is 0 Å². The Morgan fingerprint density at radius 2 is 1.82 bits per heavy atom. The van der Waals surface area contributed by atoms with Crippen molar-refractivity contribution in [2.45, 2.75) is 43.6 Å². The number of phosphoric acid groups is 1. The minimum Gasteiger partial charge on any atom is -0.494 e. The van der Waals surface area contributed by atoms with E-state index >= 15 is 0 Å². The normalized spacial score (nSPS) is 22.3. The molecule has 152 valence electrons. The van der Waals surface area contributed by atoms with Gasteiger partial charge >= 0.3 is 7.82 Å². The highest BCUT2D eigenvalue weighted by molar-refractivity contribution is 7.46. The van der Waals surface area contributed by atoms with Crippen LogP contribution in [0.5, 0.6) is 5.75 Å². The summed E-state index contributed by atoms with van der Waals surface area (Å²) in [5, 5.41) is 0. The molecule has 0 aliphatic heterocycles. The molecule has 0 radical (unpaired) electrons. The standard InChI is InChI=1S/C21H28NO5P/c22-21(16-27-28(23,24)25)13-12-19(15-21)18-8-10-20(11-9-18)26-14-4-7-17-5-2-1-3-6-17/h1-3,5-6,8-11,19H,4,7,12-16,22H2,(H2,23,24,25)/t19-,21+/m1/s1.